The van der Waals surface area contributed by atoms with Gasteiger partial charge in [-0.25, -0.2) is 4.98 Å². The molecular formula is C8H8FNOS. The molecule has 0 saturated carbocycles. The van der Waals surface area contributed by atoms with Crippen molar-refractivity contribution in [2.45, 2.75) is 18.4 Å². The fourth-order valence-electron chi connectivity index (χ4n) is 0.795. The monoisotopic (exact) mass is 185 g/mol. The average molecular weight is 185 g/mol. The van der Waals surface area contributed by atoms with Crippen LogP contribution < -0.4 is 0 Å². The first-order chi connectivity index (χ1) is 5.77. The molecule has 0 fully saturated rings. The maximum Gasteiger partial charge on any atom is 0.164 e. The van der Waals surface area contributed by atoms with Crippen molar-refractivity contribution in [3.05, 3.63) is 23.9 Å². The highest BCUT2D eigenvalue weighted by Gasteiger charge is 2.02. The van der Waals surface area contributed by atoms with E-state index in [0.717, 1.165) is 0 Å². The molecule has 0 unspecified atom stereocenters. The van der Waals surface area contributed by atoms with Gasteiger partial charge in [-0.2, -0.15) is 3.89 Å². The van der Waals surface area contributed by atoms with Gasteiger partial charge in [0.1, 0.15) is 17.2 Å². The highest BCUT2D eigenvalue weighted by molar-refractivity contribution is 7.94. The van der Waals surface area contributed by atoms with Gasteiger partial charge in [-0.3, -0.25) is 4.79 Å². The number of carbonyl (C=O) groups is 1. The Morgan fingerprint density at radius 1 is 1.67 bits per heavy atom. The molecule has 0 radical (unpaired) electrons. The Kier molecular flexibility index (Phi) is 3.22. The van der Waals surface area contributed by atoms with Gasteiger partial charge in [0.25, 0.3) is 0 Å². The van der Waals surface area contributed by atoms with Crippen LogP contribution in [-0.4, -0.2) is 10.8 Å². The number of nitrogens with zero attached hydrogens (tertiary/aromatic N) is 1. The van der Waals surface area contributed by atoms with Gasteiger partial charge >= 0.3 is 0 Å². The normalized spacial score (nSPS) is 9.83. The number of halogens is 1. The third kappa shape index (κ3) is 2.04. The summed E-state index contributed by atoms with van der Waals surface area (Å²) in [6.45, 7) is 1.78. The van der Waals surface area contributed by atoms with Crippen LogP contribution in [0.3, 0.4) is 0 Å². The van der Waals surface area contributed by atoms with Crippen LogP contribution in [0.1, 0.15) is 23.7 Å². The Hall–Kier alpha value is -0.900. The first-order valence-electron chi connectivity index (χ1n) is 3.55. The summed E-state index contributed by atoms with van der Waals surface area (Å²) in [5, 5.41) is 0.280. The molecule has 4 heteroatoms. The molecule has 12 heavy (non-hydrogen) atoms. The molecule has 1 rings (SSSR count). The van der Waals surface area contributed by atoms with E-state index < -0.39 is 0 Å². The minimum absolute atomic E-state index is 0.0258. The molecule has 0 spiro atoms. The van der Waals surface area contributed by atoms with Crippen LogP contribution in [0.2, 0.25) is 0 Å². The number of pyridine rings is 1. The van der Waals surface area contributed by atoms with Crippen LogP contribution >= 0.6 is 12.1 Å². The van der Waals surface area contributed by atoms with Gasteiger partial charge in [-0.15, -0.1) is 0 Å². The van der Waals surface area contributed by atoms with E-state index in [-0.39, 0.29) is 23.0 Å². The van der Waals surface area contributed by atoms with Gasteiger partial charge < -0.3 is 0 Å². The van der Waals surface area contributed by atoms with E-state index in [4.69, 9.17) is 0 Å². The zero-order valence-corrected chi connectivity index (χ0v) is 7.40. The van der Waals surface area contributed by atoms with Crippen LogP contribution in [0.5, 0.6) is 0 Å². The smallest absolute Gasteiger partial charge is 0.164 e. The van der Waals surface area contributed by atoms with Crippen LogP contribution in [0.4, 0.5) is 3.89 Å². The van der Waals surface area contributed by atoms with E-state index in [1.807, 2.05) is 0 Å². The highest BCUT2D eigenvalue weighted by Crippen LogP contribution is 2.15. The van der Waals surface area contributed by atoms with Crippen molar-refractivity contribution in [1.29, 1.82) is 0 Å². The van der Waals surface area contributed by atoms with Crippen molar-refractivity contribution in [3.63, 3.8) is 0 Å². The lowest BCUT2D eigenvalue weighted by atomic mass is 10.1. The zero-order valence-electron chi connectivity index (χ0n) is 6.58. The maximum atomic E-state index is 11.9. The lowest BCUT2D eigenvalue weighted by Gasteiger charge is -1.96. The Balaban J connectivity index is 2.84. The Morgan fingerprint density at radius 2 is 2.42 bits per heavy atom. The number of hydrogen-bond acceptors (Lipinski definition) is 3. The molecule has 1 heterocycles. The fourth-order valence-corrected chi connectivity index (χ4v) is 1.01. The van der Waals surface area contributed by atoms with Crippen LogP contribution in [0.15, 0.2) is 23.4 Å². The highest BCUT2D eigenvalue weighted by atomic mass is 32.2. The molecule has 0 aliphatic carbocycles. The van der Waals surface area contributed by atoms with Crippen molar-refractivity contribution in [3.8, 4) is 0 Å². The van der Waals surface area contributed by atoms with E-state index in [9.17, 15) is 8.68 Å². The Labute approximate surface area is 74.5 Å². The molecule has 64 valence electrons. The van der Waals surface area contributed by atoms with Gasteiger partial charge in [0.15, 0.2) is 5.78 Å². The summed E-state index contributed by atoms with van der Waals surface area (Å²) in [5.74, 6) is 0.0258. The third-order valence-corrected chi connectivity index (χ3v) is 1.86. The minimum atomic E-state index is 0.0258. The van der Waals surface area contributed by atoms with Gasteiger partial charge in [0.2, 0.25) is 0 Å². The van der Waals surface area contributed by atoms with Crippen LogP contribution in [0.25, 0.3) is 0 Å². The predicted molar refractivity (Wildman–Crippen MR) is 45.8 cm³/mol. The molecule has 2 nitrogen and oxygen atoms in total. The van der Waals surface area contributed by atoms with Gasteiger partial charge in [0.05, 0.1) is 0 Å². The number of hydrogen-bond donors (Lipinski definition) is 0. The number of ketones is 1. The second kappa shape index (κ2) is 4.21. The molecular weight excluding hydrogens is 177 g/mol. The number of rotatable bonds is 3. The molecule has 0 saturated heterocycles. The summed E-state index contributed by atoms with van der Waals surface area (Å²) < 4.78 is 11.9. The van der Waals surface area contributed by atoms with Gasteiger partial charge in [-0.05, 0) is 12.1 Å². The lowest BCUT2D eigenvalue weighted by Crippen LogP contribution is -1.96. The van der Waals surface area contributed by atoms with Crippen LogP contribution in [0, 0.1) is 0 Å². The predicted octanol–water partition coefficient (Wildman–Crippen LogP) is 2.65. The largest absolute Gasteiger partial charge is 0.294 e. The third-order valence-electron chi connectivity index (χ3n) is 1.46. The Bertz CT molecular complexity index is 273. The van der Waals surface area contributed by atoms with Crippen molar-refractivity contribution in [2.75, 3.05) is 0 Å². The first-order valence-corrected chi connectivity index (χ1v) is 4.27. The van der Waals surface area contributed by atoms with Crippen molar-refractivity contribution < 1.29 is 8.68 Å². The molecule has 0 atom stereocenters. The molecule has 1 aromatic heterocycles. The topological polar surface area (TPSA) is 30.0 Å². The maximum absolute atomic E-state index is 11.9. The summed E-state index contributed by atoms with van der Waals surface area (Å²) in [6.07, 6.45) is 1.84. The standard InChI is InChI=1S/C8H8FNOS/c1-2-7(11)6-3-4-8(12-9)10-5-6/h3-5H,2H2,1H3. The minimum Gasteiger partial charge on any atom is -0.294 e. The molecule has 0 bridgehead atoms. The fraction of sp³-hybridized carbons (Fsp3) is 0.250. The summed E-state index contributed by atoms with van der Waals surface area (Å²) >= 11 is 0.0744. The first kappa shape index (κ1) is 9.19. The molecule has 0 N–H and O–H groups in total. The summed E-state index contributed by atoms with van der Waals surface area (Å²) in [6, 6.07) is 3.08. The molecule has 0 amide bonds. The van der Waals surface area contributed by atoms with Crippen molar-refractivity contribution in [1.82, 2.24) is 4.98 Å². The van der Waals surface area contributed by atoms with Crippen LogP contribution in [-0.2, 0) is 0 Å². The molecule has 0 aliphatic rings. The molecule has 0 aromatic carbocycles. The van der Waals surface area contributed by atoms with E-state index in [2.05, 4.69) is 4.98 Å². The molecule has 1 aromatic rings. The van der Waals surface area contributed by atoms with Crippen molar-refractivity contribution in [2.24, 2.45) is 0 Å². The quantitative estimate of drug-likeness (QED) is 0.678. The lowest BCUT2D eigenvalue weighted by molar-refractivity contribution is 0.0987. The SMILES string of the molecule is CCC(=O)c1ccc(SF)nc1. The van der Waals surface area contributed by atoms with E-state index in [1.165, 1.54) is 12.3 Å². The number of Topliss-reactive ketones (excluding diaryl/α,β-unsaturated/α-hetero) is 1. The molecule has 0 aliphatic heterocycles. The van der Waals surface area contributed by atoms with E-state index in [0.29, 0.717) is 12.0 Å². The van der Waals surface area contributed by atoms with Gasteiger partial charge in [0, 0.05) is 18.2 Å². The average Bonchev–Trinajstić information content (AvgIpc) is 2.17. The number of carbonyl (C=O) groups excluding carboxylic acids is 1. The zero-order chi connectivity index (χ0) is 8.97. The van der Waals surface area contributed by atoms with E-state index in [1.54, 1.807) is 13.0 Å². The second-order valence-electron chi connectivity index (χ2n) is 2.24. The Morgan fingerprint density at radius 3 is 2.83 bits per heavy atom. The van der Waals surface area contributed by atoms with Gasteiger partial charge in [-0.1, -0.05) is 6.92 Å². The summed E-state index contributed by atoms with van der Waals surface area (Å²) in [4.78, 5) is 14.8. The van der Waals surface area contributed by atoms with Crippen molar-refractivity contribution >= 4 is 17.9 Å². The number of aromatic nitrogens is 1. The summed E-state index contributed by atoms with van der Waals surface area (Å²) in [5.41, 5.74) is 0.537. The second-order valence-corrected chi connectivity index (χ2v) is 2.81. The summed E-state index contributed by atoms with van der Waals surface area (Å²) in [7, 11) is 0. The van der Waals surface area contributed by atoms with E-state index >= 15 is 0 Å².